The fourth-order valence-electron chi connectivity index (χ4n) is 1.89. The van der Waals surface area contributed by atoms with E-state index < -0.39 is 6.04 Å². The number of benzene rings is 1. The Kier molecular flexibility index (Phi) is 6.18. The average Bonchev–Trinajstić information content (AvgIpc) is 2.43. The maximum Gasteiger partial charge on any atom is 0.244 e. The summed E-state index contributed by atoms with van der Waals surface area (Å²) in [6, 6.07) is 8.49. The van der Waals surface area contributed by atoms with Gasteiger partial charge >= 0.3 is 0 Å². The van der Waals surface area contributed by atoms with Crippen LogP contribution in [0.4, 0.5) is 0 Å². The van der Waals surface area contributed by atoms with E-state index in [-0.39, 0.29) is 24.4 Å². The number of nitrogens with zero attached hydrogens (tertiary/aromatic N) is 1. The number of hydrogen-bond acceptors (Lipinski definition) is 3. The zero-order chi connectivity index (χ0) is 15.1. The van der Waals surface area contributed by atoms with Crippen LogP contribution < -0.4 is 11.1 Å². The van der Waals surface area contributed by atoms with E-state index in [1.807, 2.05) is 51.1 Å². The highest BCUT2D eigenvalue weighted by Gasteiger charge is 2.23. The van der Waals surface area contributed by atoms with Crippen molar-refractivity contribution in [2.24, 2.45) is 5.73 Å². The number of carbonyl (C=O) groups excluding carboxylic acids is 2. The Labute approximate surface area is 120 Å². The second kappa shape index (κ2) is 7.65. The molecule has 1 aromatic carbocycles. The molecule has 0 fully saturated rings. The van der Waals surface area contributed by atoms with Gasteiger partial charge in [-0.15, -0.1) is 0 Å². The molecular weight excluding hydrogens is 254 g/mol. The molecule has 5 nitrogen and oxygen atoms in total. The van der Waals surface area contributed by atoms with Crippen molar-refractivity contribution in [2.75, 3.05) is 13.1 Å². The number of amides is 2. The Balaban J connectivity index is 2.69. The molecule has 0 aliphatic heterocycles. The normalized spacial score (nSPS) is 12.1. The van der Waals surface area contributed by atoms with Gasteiger partial charge in [0.25, 0.3) is 0 Å². The lowest BCUT2D eigenvalue weighted by molar-refractivity contribution is -0.137. The molecule has 0 aliphatic carbocycles. The van der Waals surface area contributed by atoms with Gasteiger partial charge in [-0.05, 0) is 26.3 Å². The quantitative estimate of drug-likeness (QED) is 0.816. The minimum Gasteiger partial charge on any atom is -0.352 e. The topological polar surface area (TPSA) is 75.4 Å². The summed E-state index contributed by atoms with van der Waals surface area (Å²) >= 11 is 0. The molecule has 0 aliphatic rings. The van der Waals surface area contributed by atoms with Gasteiger partial charge in [-0.3, -0.25) is 9.59 Å². The van der Waals surface area contributed by atoms with Gasteiger partial charge in [0.2, 0.25) is 11.8 Å². The SMILES string of the molecule is CCN(CC(=O)NC(C)C)C(=O)C(N)c1ccccc1. The van der Waals surface area contributed by atoms with Crippen molar-refractivity contribution in [1.82, 2.24) is 10.2 Å². The standard InChI is InChI=1S/C15H23N3O2/c1-4-18(10-13(19)17-11(2)3)15(20)14(16)12-8-6-5-7-9-12/h5-9,11,14H,4,10,16H2,1-3H3,(H,17,19). The van der Waals surface area contributed by atoms with Gasteiger partial charge in [0.05, 0.1) is 6.54 Å². The van der Waals surface area contributed by atoms with E-state index in [1.165, 1.54) is 4.90 Å². The van der Waals surface area contributed by atoms with Crippen LogP contribution in [0.2, 0.25) is 0 Å². The van der Waals surface area contributed by atoms with E-state index in [0.717, 1.165) is 5.56 Å². The molecule has 2 amide bonds. The van der Waals surface area contributed by atoms with Crippen LogP contribution in [0.1, 0.15) is 32.4 Å². The molecule has 0 saturated heterocycles. The Hall–Kier alpha value is -1.88. The first-order valence-corrected chi connectivity index (χ1v) is 6.84. The maximum absolute atomic E-state index is 12.3. The third kappa shape index (κ3) is 4.66. The van der Waals surface area contributed by atoms with Crippen LogP contribution in [0.3, 0.4) is 0 Å². The lowest BCUT2D eigenvalue weighted by Crippen LogP contribution is -2.45. The molecule has 0 saturated carbocycles. The minimum absolute atomic E-state index is 0.0358. The third-order valence-electron chi connectivity index (χ3n) is 2.90. The first-order valence-electron chi connectivity index (χ1n) is 6.84. The fourth-order valence-corrected chi connectivity index (χ4v) is 1.89. The summed E-state index contributed by atoms with van der Waals surface area (Å²) < 4.78 is 0. The first-order chi connectivity index (χ1) is 9.45. The van der Waals surface area contributed by atoms with Gasteiger partial charge in [-0.25, -0.2) is 0 Å². The number of nitrogens with one attached hydrogen (secondary N) is 1. The summed E-state index contributed by atoms with van der Waals surface area (Å²) in [6.45, 7) is 6.08. The molecule has 1 atom stereocenters. The Morgan fingerprint density at radius 2 is 1.85 bits per heavy atom. The minimum atomic E-state index is -0.733. The van der Waals surface area contributed by atoms with Gasteiger partial charge in [0.1, 0.15) is 6.04 Å². The number of likely N-dealkylation sites (N-methyl/N-ethyl adjacent to an activating group) is 1. The van der Waals surface area contributed by atoms with Crippen LogP contribution in [-0.2, 0) is 9.59 Å². The molecule has 1 unspecified atom stereocenters. The van der Waals surface area contributed by atoms with Crippen molar-refractivity contribution in [2.45, 2.75) is 32.9 Å². The van der Waals surface area contributed by atoms with E-state index in [4.69, 9.17) is 5.73 Å². The number of nitrogens with two attached hydrogens (primary N) is 1. The van der Waals surface area contributed by atoms with Crippen molar-refractivity contribution in [3.8, 4) is 0 Å². The van der Waals surface area contributed by atoms with Gasteiger partial charge in [-0.1, -0.05) is 30.3 Å². The smallest absolute Gasteiger partial charge is 0.244 e. The van der Waals surface area contributed by atoms with Gasteiger partial charge < -0.3 is 16.0 Å². The van der Waals surface area contributed by atoms with Crippen LogP contribution in [-0.4, -0.2) is 35.8 Å². The summed E-state index contributed by atoms with van der Waals surface area (Å²) in [5.74, 6) is -0.409. The number of carbonyl (C=O) groups is 2. The molecule has 1 rings (SSSR count). The lowest BCUT2D eigenvalue weighted by Gasteiger charge is -2.24. The Bertz CT molecular complexity index is 446. The predicted molar refractivity (Wildman–Crippen MR) is 78.9 cm³/mol. The summed E-state index contributed by atoms with van der Waals surface area (Å²) in [7, 11) is 0. The van der Waals surface area contributed by atoms with E-state index in [0.29, 0.717) is 6.54 Å². The largest absolute Gasteiger partial charge is 0.352 e. The molecule has 0 aromatic heterocycles. The third-order valence-corrected chi connectivity index (χ3v) is 2.90. The van der Waals surface area contributed by atoms with Crippen molar-refractivity contribution in [3.05, 3.63) is 35.9 Å². The highest BCUT2D eigenvalue weighted by Crippen LogP contribution is 2.12. The van der Waals surface area contributed by atoms with Crippen LogP contribution in [0.15, 0.2) is 30.3 Å². The van der Waals surface area contributed by atoms with Crippen molar-refractivity contribution < 1.29 is 9.59 Å². The maximum atomic E-state index is 12.3. The van der Waals surface area contributed by atoms with Crippen molar-refractivity contribution >= 4 is 11.8 Å². The predicted octanol–water partition coefficient (Wildman–Crippen LogP) is 1.06. The molecule has 1 aromatic rings. The molecule has 0 spiro atoms. The summed E-state index contributed by atoms with van der Waals surface area (Å²) in [4.78, 5) is 25.5. The highest BCUT2D eigenvalue weighted by atomic mass is 16.2. The second-order valence-corrected chi connectivity index (χ2v) is 4.96. The highest BCUT2D eigenvalue weighted by molar-refractivity contribution is 5.88. The van der Waals surface area contributed by atoms with Gasteiger partial charge in [0, 0.05) is 12.6 Å². The molecule has 110 valence electrons. The summed E-state index contributed by atoms with van der Waals surface area (Å²) in [5.41, 5.74) is 6.72. The van der Waals surface area contributed by atoms with Crippen molar-refractivity contribution in [1.29, 1.82) is 0 Å². The average molecular weight is 277 g/mol. The Morgan fingerprint density at radius 3 is 2.35 bits per heavy atom. The summed E-state index contributed by atoms with van der Waals surface area (Å²) in [5, 5.41) is 2.77. The van der Waals surface area contributed by atoms with E-state index >= 15 is 0 Å². The second-order valence-electron chi connectivity index (χ2n) is 4.96. The van der Waals surface area contributed by atoms with Crippen LogP contribution in [0.25, 0.3) is 0 Å². The lowest BCUT2D eigenvalue weighted by atomic mass is 10.1. The number of hydrogen-bond donors (Lipinski definition) is 2. The van der Waals surface area contributed by atoms with E-state index in [9.17, 15) is 9.59 Å². The van der Waals surface area contributed by atoms with Crippen molar-refractivity contribution in [3.63, 3.8) is 0 Å². The summed E-state index contributed by atoms with van der Waals surface area (Å²) in [6.07, 6.45) is 0. The monoisotopic (exact) mass is 277 g/mol. The molecular formula is C15H23N3O2. The van der Waals surface area contributed by atoms with Gasteiger partial charge in [-0.2, -0.15) is 0 Å². The van der Waals surface area contributed by atoms with Crippen LogP contribution >= 0.6 is 0 Å². The zero-order valence-electron chi connectivity index (χ0n) is 12.3. The van der Waals surface area contributed by atoms with Crippen LogP contribution in [0.5, 0.6) is 0 Å². The molecule has 5 heteroatoms. The molecule has 0 bridgehead atoms. The zero-order valence-corrected chi connectivity index (χ0v) is 12.3. The molecule has 3 N–H and O–H groups in total. The number of rotatable bonds is 6. The van der Waals surface area contributed by atoms with Gasteiger partial charge in [0.15, 0.2) is 0 Å². The van der Waals surface area contributed by atoms with Crippen LogP contribution in [0, 0.1) is 0 Å². The Morgan fingerprint density at radius 1 is 1.25 bits per heavy atom. The molecule has 20 heavy (non-hydrogen) atoms. The van der Waals surface area contributed by atoms with E-state index in [1.54, 1.807) is 0 Å². The first kappa shape index (κ1) is 16.2. The molecule has 0 heterocycles. The fraction of sp³-hybridized carbons (Fsp3) is 0.467. The molecule has 0 radical (unpaired) electrons. The van der Waals surface area contributed by atoms with E-state index in [2.05, 4.69) is 5.32 Å².